The quantitative estimate of drug-likeness (QED) is 0.616. The van der Waals surface area contributed by atoms with Gasteiger partial charge in [0.2, 0.25) is 0 Å². The molecule has 0 aliphatic heterocycles. The summed E-state index contributed by atoms with van der Waals surface area (Å²) in [5.41, 5.74) is 0.392. The molecule has 0 radical (unpaired) electrons. The number of rotatable bonds is 5. The number of nitrogens with one attached hydrogen (secondary N) is 2. The van der Waals surface area contributed by atoms with Crippen molar-refractivity contribution in [2.75, 3.05) is 5.32 Å². The smallest absolute Gasteiger partial charge is 0.267 e. The van der Waals surface area contributed by atoms with E-state index < -0.39 is 5.91 Å². The SMILES string of the molecule is CC(C)(C)CC(C)(C)N/C=C(/C#N)C(=O)Nc1ccccc1Cl. The van der Waals surface area contributed by atoms with Crippen LogP contribution < -0.4 is 10.6 Å². The molecule has 1 amide bonds. The number of anilines is 1. The van der Waals surface area contributed by atoms with Crippen LogP contribution in [0.15, 0.2) is 36.0 Å². The second kappa shape index (κ2) is 7.52. The highest BCUT2D eigenvalue weighted by molar-refractivity contribution is 6.33. The Bertz CT molecular complexity index is 636. The van der Waals surface area contributed by atoms with Crippen molar-refractivity contribution in [2.45, 2.75) is 46.6 Å². The number of benzene rings is 1. The van der Waals surface area contributed by atoms with E-state index in [-0.39, 0.29) is 16.5 Å². The lowest BCUT2D eigenvalue weighted by molar-refractivity contribution is -0.112. The fourth-order valence-electron chi connectivity index (χ4n) is 2.55. The van der Waals surface area contributed by atoms with Crippen LogP contribution in [0.25, 0.3) is 0 Å². The number of para-hydroxylation sites is 1. The molecule has 0 spiro atoms. The summed E-state index contributed by atoms with van der Waals surface area (Å²) in [5.74, 6) is -0.486. The van der Waals surface area contributed by atoms with Crippen LogP contribution >= 0.6 is 11.6 Å². The van der Waals surface area contributed by atoms with Gasteiger partial charge in [-0.1, -0.05) is 44.5 Å². The van der Waals surface area contributed by atoms with E-state index in [4.69, 9.17) is 11.6 Å². The van der Waals surface area contributed by atoms with Gasteiger partial charge in [0, 0.05) is 11.7 Å². The molecule has 0 saturated carbocycles. The van der Waals surface area contributed by atoms with Crippen LogP contribution in [0.4, 0.5) is 5.69 Å². The van der Waals surface area contributed by atoms with E-state index in [1.807, 2.05) is 19.9 Å². The van der Waals surface area contributed by atoms with Crippen molar-refractivity contribution in [3.8, 4) is 6.07 Å². The molecular weight excluding hydrogens is 310 g/mol. The Hall–Kier alpha value is -1.99. The highest BCUT2D eigenvalue weighted by atomic mass is 35.5. The molecule has 4 nitrogen and oxygen atoms in total. The van der Waals surface area contributed by atoms with Crippen LogP contribution in [0.1, 0.15) is 41.0 Å². The van der Waals surface area contributed by atoms with Crippen molar-refractivity contribution in [1.82, 2.24) is 5.32 Å². The Balaban J connectivity index is 2.82. The van der Waals surface area contributed by atoms with E-state index in [0.717, 1.165) is 6.42 Å². The number of nitriles is 1. The van der Waals surface area contributed by atoms with E-state index >= 15 is 0 Å². The average molecular weight is 334 g/mol. The Morgan fingerprint density at radius 3 is 2.39 bits per heavy atom. The molecule has 1 aromatic carbocycles. The van der Waals surface area contributed by atoms with Gasteiger partial charge in [0.05, 0.1) is 10.7 Å². The lowest BCUT2D eigenvalue weighted by atomic mass is 9.82. The van der Waals surface area contributed by atoms with Crippen LogP contribution in [-0.2, 0) is 4.79 Å². The maximum absolute atomic E-state index is 12.2. The first-order valence-electron chi connectivity index (χ1n) is 7.48. The van der Waals surface area contributed by atoms with Gasteiger partial charge in [0.15, 0.2) is 0 Å². The Kier molecular flexibility index (Phi) is 6.23. The predicted molar refractivity (Wildman–Crippen MR) is 95.1 cm³/mol. The molecule has 2 N–H and O–H groups in total. The molecule has 5 heteroatoms. The molecule has 0 unspecified atom stereocenters. The minimum absolute atomic E-state index is 0.00639. The van der Waals surface area contributed by atoms with Crippen LogP contribution in [0.2, 0.25) is 5.02 Å². The van der Waals surface area contributed by atoms with Crippen LogP contribution in [0.5, 0.6) is 0 Å². The van der Waals surface area contributed by atoms with Gasteiger partial charge in [-0.2, -0.15) is 5.26 Å². The summed E-state index contributed by atoms with van der Waals surface area (Å²) >= 11 is 6.01. The van der Waals surface area contributed by atoms with E-state index in [0.29, 0.717) is 10.7 Å². The molecule has 1 aromatic rings. The van der Waals surface area contributed by atoms with Gasteiger partial charge >= 0.3 is 0 Å². The largest absolute Gasteiger partial charge is 0.385 e. The summed E-state index contributed by atoms with van der Waals surface area (Å²) in [7, 11) is 0. The lowest BCUT2D eigenvalue weighted by Gasteiger charge is -2.33. The minimum atomic E-state index is -0.486. The Labute approximate surface area is 143 Å². The third kappa shape index (κ3) is 6.75. The van der Waals surface area contributed by atoms with Gasteiger partial charge in [0.1, 0.15) is 11.6 Å². The third-order valence-corrected chi connectivity index (χ3v) is 3.40. The number of carbonyl (C=O) groups is 1. The van der Waals surface area contributed by atoms with E-state index in [1.54, 1.807) is 24.3 Å². The van der Waals surface area contributed by atoms with Crippen molar-refractivity contribution in [3.63, 3.8) is 0 Å². The topological polar surface area (TPSA) is 64.9 Å². The second-order valence-electron chi connectivity index (χ2n) is 7.37. The van der Waals surface area contributed by atoms with Gasteiger partial charge in [-0.3, -0.25) is 4.79 Å². The molecule has 0 aliphatic carbocycles. The molecule has 0 saturated heterocycles. The normalized spacial score (nSPS) is 12.5. The maximum Gasteiger partial charge on any atom is 0.267 e. The average Bonchev–Trinajstić information content (AvgIpc) is 2.39. The molecule has 0 heterocycles. The summed E-state index contributed by atoms with van der Waals surface area (Å²) in [4.78, 5) is 12.2. The zero-order chi connectivity index (χ0) is 17.7. The predicted octanol–water partition coefficient (Wildman–Crippen LogP) is 4.49. The van der Waals surface area contributed by atoms with Crippen molar-refractivity contribution in [2.24, 2.45) is 5.41 Å². The first-order valence-corrected chi connectivity index (χ1v) is 7.86. The molecule has 23 heavy (non-hydrogen) atoms. The molecule has 0 atom stereocenters. The zero-order valence-electron chi connectivity index (χ0n) is 14.3. The van der Waals surface area contributed by atoms with Crippen molar-refractivity contribution in [1.29, 1.82) is 5.26 Å². The van der Waals surface area contributed by atoms with Crippen LogP contribution in [0.3, 0.4) is 0 Å². The van der Waals surface area contributed by atoms with Crippen molar-refractivity contribution < 1.29 is 4.79 Å². The first-order chi connectivity index (χ1) is 10.5. The molecule has 0 aromatic heterocycles. The number of amides is 1. The molecule has 0 bridgehead atoms. The Morgan fingerprint density at radius 1 is 1.26 bits per heavy atom. The third-order valence-electron chi connectivity index (χ3n) is 3.07. The summed E-state index contributed by atoms with van der Waals surface area (Å²) in [6.07, 6.45) is 2.36. The molecule has 1 rings (SSSR count). The van der Waals surface area contributed by atoms with Gasteiger partial charge in [0.25, 0.3) is 5.91 Å². The molecule has 124 valence electrons. The first kappa shape index (κ1) is 19.1. The standard InChI is InChI=1S/C18H24ClN3O/c1-17(2,3)12-18(4,5)21-11-13(10-20)16(23)22-15-9-7-6-8-14(15)19/h6-9,11,21H,12H2,1-5H3,(H,22,23)/b13-11-. The zero-order valence-corrected chi connectivity index (χ0v) is 15.1. The van der Waals surface area contributed by atoms with E-state index in [2.05, 4.69) is 31.4 Å². The summed E-state index contributed by atoms with van der Waals surface area (Å²) in [5, 5.41) is 15.5. The number of carbonyl (C=O) groups excluding carboxylic acids is 1. The molecular formula is C18H24ClN3O. The monoisotopic (exact) mass is 333 g/mol. The number of hydrogen-bond donors (Lipinski definition) is 2. The van der Waals surface area contributed by atoms with Gasteiger partial charge in [-0.05, 0) is 37.8 Å². The number of halogens is 1. The summed E-state index contributed by atoms with van der Waals surface area (Å²) in [6, 6.07) is 8.82. The van der Waals surface area contributed by atoms with Crippen LogP contribution in [-0.4, -0.2) is 11.4 Å². The van der Waals surface area contributed by atoms with E-state index in [9.17, 15) is 10.1 Å². The summed E-state index contributed by atoms with van der Waals surface area (Å²) in [6.45, 7) is 10.5. The van der Waals surface area contributed by atoms with Gasteiger partial charge in [-0.25, -0.2) is 0 Å². The highest BCUT2D eigenvalue weighted by Crippen LogP contribution is 2.27. The van der Waals surface area contributed by atoms with Gasteiger partial charge in [-0.15, -0.1) is 0 Å². The van der Waals surface area contributed by atoms with Gasteiger partial charge < -0.3 is 10.6 Å². The fourth-order valence-corrected chi connectivity index (χ4v) is 2.73. The second-order valence-corrected chi connectivity index (χ2v) is 7.78. The van der Waals surface area contributed by atoms with Crippen molar-refractivity contribution >= 4 is 23.2 Å². The summed E-state index contributed by atoms with van der Waals surface area (Å²) < 4.78 is 0. The lowest BCUT2D eigenvalue weighted by Crippen LogP contribution is -2.39. The molecule has 0 aliphatic rings. The molecule has 0 fully saturated rings. The van der Waals surface area contributed by atoms with Crippen LogP contribution in [0, 0.1) is 16.7 Å². The maximum atomic E-state index is 12.2. The van der Waals surface area contributed by atoms with Crippen molar-refractivity contribution in [3.05, 3.63) is 41.1 Å². The van der Waals surface area contributed by atoms with E-state index in [1.165, 1.54) is 6.20 Å². The number of nitrogens with zero attached hydrogens (tertiary/aromatic N) is 1. The highest BCUT2D eigenvalue weighted by Gasteiger charge is 2.24. The Morgan fingerprint density at radius 2 is 1.87 bits per heavy atom. The number of hydrogen-bond acceptors (Lipinski definition) is 3. The minimum Gasteiger partial charge on any atom is -0.385 e. The fraction of sp³-hybridized carbons (Fsp3) is 0.444.